The third kappa shape index (κ3) is 7.83. The molecule has 0 fully saturated rings. The Hall–Kier alpha value is -4.39. The van der Waals surface area contributed by atoms with Crippen LogP contribution >= 0.6 is 0 Å². The normalized spacial score (nSPS) is 11.5. The Labute approximate surface area is 268 Å². The molecule has 0 aliphatic carbocycles. The zero-order valence-corrected chi connectivity index (χ0v) is 26.9. The van der Waals surface area contributed by atoms with Gasteiger partial charge in [0.05, 0.1) is 4.90 Å². The second-order valence-corrected chi connectivity index (χ2v) is 12.7. The summed E-state index contributed by atoms with van der Waals surface area (Å²) in [5, 5.41) is 0. The first-order valence-electron chi connectivity index (χ1n) is 15.8. The molecule has 0 saturated carbocycles. The van der Waals surface area contributed by atoms with Crippen LogP contribution in [-0.2, 0) is 10.1 Å². The van der Waals surface area contributed by atoms with Gasteiger partial charge in [-0.2, -0.15) is 8.42 Å². The monoisotopic (exact) mass is 618 g/mol. The molecule has 0 atom stereocenters. The Balaban J connectivity index is 1.57. The maximum atomic E-state index is 12.6. The zero-order chi connectivity index (χ0) is 31.6. The standard InChI is InChI=1S/C39H42N2O3S/c1-3-5-29-40(33-15-9-7-10-16-33)35-25-21-31(22-26-35)39(37-19-13-14-20-38(37)45(42,43)44)32-23-27-36(28-24-32)41(30-6-4-2)34-17-11-8-12-18-34/h7-28,39H,3-6,29-30H2,1-2H3,(H,42,43,44). The van der Waals surface area contributed by atoms with Crippen LogP contribution in [0.1, 0.15) is 62.1 Å². The zero-order valence-electron chi connectivity index (χ0n) is 26.1. The SMILES string of the molecule is CCCCN(c1ccccc1)c1ccc(C(c2ccc(N(CCCC)c3ccccc3)cc2)c2ccccc2S(=O)(=O)O)cc1. The van der Waals surface area contributed by atoms with Gasteiger partial charge in [-0.25, -0.2) is 0 Å². The quantitative estimate of drug-likeness (QED) is 0.0991. The van der Waals surface area contributed by atoms with Crippen LogP contribution in [0.5, 0.6) is 0 Å². The molecular weight excluding hydrogens is 577 g/mol. The summed E-state index contributed by atoms with van der Waals surface area (Å²) in [5.41, 5.74) is 6.84. The Morgan fingerprint density at radius 3 is 1.31 bits per heavy atom. The van der Waals surface area contributed by atoms with Crippen molar-refractivity contribution in [2.24, 2.45) is 0 Å². The average Bonchev–Trinajstić information content (AvgIpc) is 3.07. The first kappa shape index (κ1) is 32.0. The second-order valence-electron chi connectivity index (χ2n) is 11.3. The Bertz CT molecular complexity index is 1650. The first-order valence-corrected chi connectivity index (χ1v) is 17.3. The van der Waals surface area contributed by atoms with E-state index >= 15 is 0 Å². The maximum Gasteiger partial charge on any atom is 0.294 e. The van der Waals surface area contributed by atoms with Gasteiger partial charge in [0.2, 0.25) is 0 Å². The summed E-state index contributed by atoms with van der Waals surface area (Å²) in [6.45, 7) is 6.17. The van der Waals surface area contributed by atoms with Crippen LogP contribution in [-0.4, -0.2) is 26.1 Å². The van der Waals surface area contributed by atoms with E-state index in [1.165, 1.54) is 6.07 Å². The first-order chi connectivity index (χ1) is 21.9. The molecule has 0 saturated heterocycles. The summed E-state index contributed by atoms with van der Waals surface area (Å²) >= 11 is 0. The van der Waals surface area contributed by atoms with E-state index in [-0.39, 0.29) is 4.90 Å². The van der Waals surface area contributed by atoms with Gasteiger partial charge in [0.25, 0.3) is 10.1 Å². The predicted octanol–water partition coefficient (Wildman–Crippen LogP) is 9.99. The number of hydrogen-bond donors (Lipinski definition) is 1. The molecule has 0 radical (unpaired) electrons. The van der Waals surface area contributed by atoms with Crippen molar-refractivity contribution in [1.82, 2.24) is 0 Å². The van der Waals surface area contributed by atoms with Gasteiger partial charge in [-0.15, -0.1) is 0 Å². The lowest BCUT2D eigenvalue weighted by Gasteiger charge is -2.27. The largest absolute Gasteiger partial charge is 0.341 e. The second kappa shape index (κ2) is 15.1. The van der Waals surface area contributed by atoms with Gasteiger partial charge < -0.3 is 9.80 Å². The highest BCUT2D eigenvalue weighted by molar-refractivity contribution is 7.85. The minimum atomic E-state index is -4.45. The molecule has 0 heterocycles. The molecule has 45 heavy (non-hydrogen) atoms. The smallest absolute Gasteiger partial charge is 0.294 e. The molecular formula is C39H42N2O3S. The molecule has 0 amide bonds. The van der Waals surface area contributed by atoms with E-state index in [2.05, 4.69) is 121 Å². The van der Waals surface area contributed by atoms with E-state index in [0.29, 0.717) is 5.56 Å². The van der Waals surface area contributed by atoms with E-state index in [4.69, 9.17) is 0 Å². The molecule has 232 valence electrons. The van der Waals surface area contributed by atoms with Crippen LogP contribution in [0.15, 0.2) is 138 Å². The number of hydrogen-bond acceptors (Lipinski definition) is 4. The van der Waals surface area contributed by atoms with Crippen molar-refractivity contribution >= 4 is 32.9 Å². The molecule has 0 bridgehead atoms. The van der Waals surface area contributed by atoms with Crippen LogP contribution in [0.4, 0.5) is 22.7 Å². The fourth-order valence-corrected chi connectivity index (χ4v) is 6.60. The highest BCUT2D eigenvalue weighted by Gasteiger charge is 2.25. The lowest BCUT2D eigenvalue weighted by Crippen LogP contribution is -2.18. The lowest BCUT2D eigenvalue weighted by molar-refractivity contribution is 0.482. The summed E-state index contributed by atoms with van der Waals surface area (Å²) in [7, 11) is -4.45. The van der Waals surface area contributed by atoms with Crippen LogP contribution in [0.2, 0.25) is 0 Å². The molecule has 6 heteroatoms. The molecule has 0 aromatic heterocycles. The van der Waals surface area contributed by atoms with Gasteiger partial charge in [0.1, 0.15) is 0 Å². The molecule has 5 aromatic rings. The summed E-state index contributed by atoms with van der Waals surface area (Å²) in [4.78, 5) is 4.56. The molecule has 5 nitrogen and oxygen atoms in total. The molecule has 1 N–H and O–H groups in total. The van der Waals surface area contributed by atoms with Crippen molar-refractivity contribution in [3.63, 3.8) is 0 Å². The summed E-state index contributed by atoms with van der Waals surface area (Å²) in [6, 6.07) is 44.2. The van der Waals surface area contributed by atoms with Crippen molar-refractivity contribution in [2.75, 3.05) is 22.9 Å². The minimum Gasteiger partial charge on any atom is -0.341 e. The van der Waals surface area contributed by atoms with Crippen LogP contribution in [0.25, 0.3) is 0 Å². The molecule has 0 unspecified atom stereocenters. The van der Waals surface area contributed by atoms with E-state index in [1.807, 2.05) is 18.2 Å². The van der Waals surface area contributed by atoms with Crippen LogP contribution in [0.3, 0.4) is 0 Å². The third-order valence-corrected chi connectivity index (χ3v) is 9.12. The molecule has 5 rings (SSSR count). The van der Waals surface area contributed by atoms with E-state index in [1.54, 1.807) is 12.1 Å². The van der Waals surface area contributed by atoms with E-state index < -0.39 is 16.0 Å². The molecule has 0 aliphatic heterocycles. The average molecular weight is 619 g/mol. The van der Waals surface area contributed by atoms with Crippen molar-refractivity contribution < 1.29 is 13.0 Å². The van der Waals surface area contributed by atoms with Gasteiger partial charge >= 0.3 is 0 Å². The highest BCUT2D eigenvalue weighted by atomic mass is 32.2. The van der Waals surface area contributed by atoms with Crippen molar-refractivity contribution in [1.29, 1.82) is 0 Å². The number of para-hydroxylation sites is 2. The predicted molar refractivity (Wildman–Crippen MR) is 187 cm³/mol. The summed E-state index contributed by atoms with van der Waals surface area (Å²) in [5.74, 6) is -0.409. The number of anilines is 4. The Morgan fingerprint density at radius 2 is 0.911 bits per heavy atom. The van der Waals surface area contributed by atoms with Gasteiger partial charge in [-0.1, -0.05) is 106 Å². The number of benzene rings is 5. The van der Waals surface area contributed by atoms with Gasteiger partial charge in [-0.05, 0) is 84.1 Å². The summed E-state index contributed by atoms with van der Waals surface area (Å²) in [6.07, 6.45) is 4.30. The topological polar surface area (TPSA) is 60.9 Å². The lowest BCUT2D eigenvalue weighted by atomic mass is 9.85. The van der Waals surface area contributed by atoms with Crippen LogP contribution < -0.4 is 9.80 Å². The van der Waals surface area contributed by atoms with Crippen molar-refractivity contribution in [2.45, 2.75) is 50.3 Å². The Morgan fingerprint density at radius 1 is 0.533 bits per heavy atom. The maximum absolute atomic E-state index is 12.6. The van der Waals surface area contributed by atoms with Gasteiger partial charge in [-0.3, -0.25) is 4.55 Å². The minimum absolute atomic E-state index is 0.0779. The fourth-order valence-electron chi connectivity index (χ4n) is 5.86. The number of unbranched alkanes of at least 4 members (excludes halogenated alkanes) is 2. The van der Waals surface area contributed by atoms with Gasteiger partial charge in [0.15, 0.2) is 0 Å². The van der Waals surface area contributed by atoms with Crippen molar-refractivity contribution in [3.8, 4) is 0 Å². The highest BCUT2D eigenvalue weighted by Crippen LogP contribution is 2.38. The van der Waals surface area contributed by atoms with Gasteiger partial charge in [0, 0.05) is 41.8 Å². The third-order valence-electron chi connectivity index (χ3n) is 8.19. The summed E-state index contributed by atoms with van der Waals surface area (Å²) < 4.78 is 35.4. The van der Waals surface area contributed by atoms with Crippen molar-refractivity contribution in [3.05, 3.63) is 150 Å². The Kier molecular flexibility index (Phi) is 10.7. The number of rotatable bonds is 14. The van der Waals surface area contributed by atoms with Crippen LogP contribution in [0, 0.1) is 0 Å². The van der Waals surface area contributed by atoms with E-state index in [9.17, 15) is 13.0 Å². The molecule has 0 spiro atoms. The molecule has 0 aliphatic rings. The fraction of sp³-hybridized carbons (Fsp3) is 0.231. The molecule has 5 aromatic carbocycles. The van der Waals surface area contributed by atoms with E-state index in [0.717, 1.165) is 72.6 Å². The number of nitrogens with zero attached hydrogens (tertiary/aromatic N) is 2.